The van der Waals surface area contributed by atoms with Crippen molar-refractivity contribution in [1.29, 1.82) is 0 Å². The molecule has 0 atom stereocenters. The van der Waals surface area contributed by atoms with Gasteiger partial charge in [-0.25, -0.2) is 4.39 Å². The van der Waals surface area contributed by atoms with Gasteiger partial charge in [0.2, 0.25) is 0 Å². The van der Waals surface area contributed by atoms with Crippen LogP contribution in [0.3, 0.4) is 0 Å². The Bertz CT molecular complexity index is 527. The van der Waals surface area contributed by atoms with Gasteiger partial charge >= 0.3 is 12.1 Å². The molecule has 0 radical (unpaired) electrons. The monoisotopic (exact) mass is 292 g/mol. The van der Waals surface area contributed by atoms with Crippen LogP contribution in [0.2, 0.25) is 0 Å². The summed E-state index contributed by atoms with van der Waals surface area (Å²) in [5, 5.41) is 14.4. The molecular formula is C12H12F4N2O2. The number of benzene rings is 1. The number of rotatable bonds is 4. The molecule has 110 valence electrons. The molecule has 4 nitrogen and oxygen atoms in total. The Morgan fingerprint density at radius 2 is 2.05 bits per heavy atom. The fourth-order valence-corrected chi connectivity index (χ4v) is 2.10. The van der Waals surface area contributed by atoms with Gasteiger partial charge in [0, 0.05) is 18.8 Å². The molecule has 1 aliphatic heterocycles. The Hall–Kier alpha value is -1.83. The van der Waals surface area contributed by atoms with Gasteiger partial charge in [0.05, 0.1) is 17.5 Å². The van der Waals surface area contributed by atoms with E-state index in [0.717, 1.165) is 6.07 Å². The van der Waals surface area contributed by atoms with E-state index in [4.69, 9.17) is 5.11 Å². The van der Waals surface area contributed by atoms with Crippen molar-refractivity contribution >= 4 is 11.7 Å². The summed E-state index contributed by atoms with van der Waals surface area (Å²) in [5.41, 5.74) is -2.17. The fourth-order valence-electron chi connectivity index (χ4n) is 2.10. The molecule has 0 aromatic heterocycles. The fraction of sp³-hybridized carbons (Fsp3) is 0.417. The zero-order chi connectivity index (χ0) is 15.0. The lowest BCUT2D eigenvalue weighted by atomic mass is 9.88. The van der Waals surface area contributed by atoms with Crippen LogP contribution >= 0.6 is 0 Å². The van der Waals surface area contributed by atoms with Gasteiger partial charge in [0.25, 0.3) is 0 Å². The molecule has 0 aliphatic carbocycles. The van der Waals surface area contributed by atoms with Gasteiger partial charge in [-0.2, -0.15) is 13.2 Å². The third-order valence-corrected chi connectivity index (χ3v) is 3.10. The predicted molar refractivity (Wildman–Crippen MR) is 62.9 cm³/mol. The summed E-state index contributed by atoms with van der Waals surface area (Å²) in [6.07, 6.45) is -5.03. The van der Waals surface area contributed by atoms with Gasteiger partial charge in [-0.1, -0.05) is 0 Å². The quantitative estimate of drug-likeness (QED) is 0.744. The number of alkyl halides is 3. The summed E-state index contributed by atoms with van der Waals surface area (Å²) < 4.78 is 50.9. The van der Waals surface area contributed by atoms with Crippen LogP contribution in [-0.4, -0.2) is 29.7 Å². The maximum Gasteiger partial charge on any atom is 0.419 e. The number of hydrogen-bond donors (Lipinski definition) is 3. The third-order valence-electron chi connectivity index (χ3n) is 3.10. The van der Waals surface area contributed by atoms with Gasteiger partial charge < -0.3 is 15.7 Å². The molecule has 0 spiro atoms. The van der Waals surface area contributed by atoms with Crippen LogP contribution in [-0.2, 0) is 11.0 Å². The first-order valence-corrected chi connectivity index (χ1v) is 5.79. The Morgan fingerprint density at radius 3 is 2.50 bits per heavy atom. The van der Waals surface area contributed by atoms with Gasteiger partial charge in [-0.15, -0.1) is 0 Å². The molecule has 1 heterocycles. The Labute approximate surface area is 111 Å². The molecule has 2 rings (SSSR count). The SMILES string of the molecule is O=C(O)CC1(Nc2ccc(F)c(C(F)(F)F)c2)CNC1. The zero-order valence-corrected chi connectivity index (χ0v) is 10.2. The third kappa shape index (κ3) is 3.01. The molecule has 0 unspecified atom stereocenters. The molecule has 1 aromatic rings. The van der Waals surface area contributed by atoms with Crippen LogP contribution < -0.4 is 10.6 Å². The summed E-state index contributed by atoms with van der Waals surface area (Å²) in [4.78, 5) is 10.8. The highest BCUT2D eigenvalue weighted by atomic mass is 19.4. The second-order valence-corrected chi connectivity index (χ2v) is 4.77. The van der Waals surface area contributed by atoms with Crippen LogP contribution in [0.4, 0.5) is 23.2 Å². The van der Waals surface area contributed by atoms with Crippen molar-refractivity contribution in [2.75, 3.05) is 18.4 Å². The number of nitrogens with one attached hydrogen (secondary N) is 2. The molecule has 20 heavy (non-hydrogen) atoms. The maximum atomic E-state index is 13.2. The summed E-state index contributed by atoms with van der Waals surface area (Å²) in [7, 11) is 0. The average Bonchev–Trinajstić information content (AvgIpc) is 2.26. The minimum absolute atomic E-state index is 0.0430. The number of carboxylic acids is 1. The van der Waals surface area contributed by atoms with Crippen molar-refractivity contribution in [2.24, 2.45) is 0 Å². The van der Waals surface area contributed by atoms with Crippen LogP contribution in [0, 0.1) is 5.82 Å². The minimum atomic E-state index is -4.79. The Balaban J connectivity index is 2.23. The van der Waals surface area contributed by atoms with Gasteiger partial charge in [-0.05, 0) is 18.2 Å². The predicted octanol–water partition coefficient (Wildman–Crippen LogP) is 2.07. The first kappa shape index (κ1) is 14.6. The number of carboxylic acid groups (broad SMARTS) is 1. The lowest BCUT2D eigenvalue weighted by molar-refractivity contribution is -0.140. The molecule has 0 saturated carbocycles. The van der Waals surface area contributed by atoms with Crippen LogP contribution in [0.1, 0.15) is 12.0 Å². The van der Waals surface area contributed by atoms with Gasteiger partial charge in [0.15, 0.2) is 0 Å². The van der Waals surface area contributed by atoms with E-state index in [-0.39, 0.29) is 12.1 Å². The molecule has 8 heteroatoms. The Morgan fingerprint density at radius 1 is 1.40 bits per heavy atom. The van der Waals surface area contributed by atoms with Crippen LogP contribution in [0.15, 0.2) is 18.2 Å². The second-order valence-electron chi connectivity index (χ2n) is 4.77. The number of halogens is 4. The average molecular weight is 292 g/mol. The number of hydrogen-bond acceptors (Lipinski definition) is 3. The smallest absolute Gasteiger partial charge is 0.419 e. The van der Waals surface area contributed by atoms with E-state index < -0.39 is 29.1 Å². The summed E-state index contributed by atoms with van der Waals surface area (Å²) in [5.74, 6) is -2.42. The Kier molecular flexibility index (Phi) is 3.59. The van der Waals surface area contributed by atoms with Crippen LogP contribution in [0.25, 0.3) is 0 Å². The minimum Gasteiger partial charge on any atom is -0.481 e. The molecule has 3 N–H and O–H groups in total. The maximum absolute atomic E-state index is 13.2. The number of aliphatic carboxylic acids is 1. The summed E-state index contributed by atoms with van der Waals surface area (Å²) in [6.45, 7) is 0.635. The topological polar surface area (TPSA) is 61.4 Å². The van der Waals surface area contributed by atoms with E-state index in [1.807, 2.05) is 0 Å². The van der Waals surface area contributed by atoms with Crippen molar-refractivity contribution in [3.05, 3.63) is 29.6 Å². The molecule has 1 aromatic carbocycles. The molecule has 1 saturated heterocycles. The second kappa shape index (κ2) is 4.93. The standard InChI is InChI=1S/C12H12F4N2O2/c13-9-2-1-7(3-8(9)12(14,15)16)18-11(4-10(19)20)5-17-6-11/h1-3,17-18H,4-6H2,(H,19,20). The first-order chi connectivity index (χ1) is 9.22. The van der Waals surface area contributed by atoms with E-state index in [1.165, 1.54) is 0 Å². The largest absolute Gasteiger partial charge is 0.481 e. The normalized spacial score (nSPS) is 17.4. The highest BCUT2D eigenvalue weighted by molar-refractivity contribution is 5.70. The summed E-state index contributed by atoms with van der Waals surface area (Å²) >= 11 is 0. The van der Waals surface area contributed by atoms with E-state index in [1.54, 1.807) is 0 Å². The molecular weight excluding hydrogens is 280 g/mol. The number of carbonyl (C=O) groups is 1. The molecule has 0 bridgehead atoms. The van der Waals surface area contributed by atoms with E-state index >= 15 is 0 Å². The lowest BCUT2D eigenvalue weighted by Gasteiger charge is -2.43. The van der Waals surface area contributed by atoms with E-state index in [0.29, 0.717) is 25.2 Å². The lowest BCUT2D eigenvalue weighted by Crippen LogP contribution is -2.65. The molecule has 0 amide bonds. The van der Waals surface area contributed by atoms with Crippen molar-refractivity contribution < 1.29 is 27.5 Å². The van der Waals surface area contributed by atoms with Crippen molar-refractivity contribution in [3.8, 4) is 0 Å². The van der Waals surface area contributed by atoms with E-state index in [2.05, 4.69) is 10.6 Å². The number of anilines is 1. The van der Waals surface area contributed by atoms with Gasteiger partial charge in [0.1, 0.15) is 5.82 Å². The van der Waals surface area contributed by atoms with Crippen molar-refractivity contribution in [2.45, 2.75) is 18.1 Å². The zero-order valence-electron chi connectivity index (χ0n) is 10.2. The van der Waals surface area contributed by atoms with Crippen LogP contribution in [0.5, 0.6) is 0 Å². The van der Waals surface area contributed by atoms with E-state index in [9.17, 15) is 22.4 Å². The van der Waals surface area contributed by atoms with Crippen molar-refractivity contribution in [1.82, 2.24) is 5.32 Å². The first-order valence-electron chi connectivity index (χ1n) is 5.79. The highest BCUT2D eigenvalue weighted by Gasteiger charge is 2.40. The highest BCUT2D eigenvalue weighted by Crippen LogP contribution is 2.34. The van der Waals surface area contributed by atoms with Crippen molar-refractivity contribution in [3.63, 3.8) is 0 Å². The molecule has 1 fully saturated rings. The summed E-state index contributed by atoms with van der Waals surface area (Å²) in [6, 6.07) is 2.52. The molecule has 1 aliphatic rings. The van der Waals surface area contributed by atoms with Gasteiger partial charge in [-0.3, -0.25) is 4.79 Å².